The Bertz CT molecular complexity index is 1060. The Kier molecular flexibility index (Phi) is 5.52. The van der Waals surface area contributed by atoms with Gasteiger partial charge in [-0.25, -0.2) is 8.78 Å². The topological polar surface area (TPSA) is 57.4 Å². The zero-order valence-corrected chi connectivity index (χ0v) is 17.2. The quantitative estimate of drug-likeness (QED) is 0.681. The van der Waals surface area contributed by atoms with Crippen molar-refractivity contribution in [2.24, 2.45) is 0 Å². The summed E-state index contributed by atoms with van der Waals surface area (Å²) in [6, 6.07) is 14.3. The molecule has 1 aromatic heterocycles. The molecular weight excluding hydrogens is 400 g/mol. The standard InChI is InChI=1S/C23H25F2N5O/c24-19-7-6-17(10-20(19)25)12-28-8-9-30-22(15-28)26-27-23(30)21-11-18(31)14-29(21)13-16-4-2-1-3-5-16/h1-7,10,18,21,31H,8-9,11-15H2/t18-,21+/m1/s1. The first-order chi connectivity index (χ1) is 15.1. The number of nitrogens with zero attached hydrogens (tertiary/aromatic N) is 5. The molecule has 0 aliphatic carbocycles. The van der Waals surface area contributed by atoms with Gasteiger partial charge < -0.3 is 9.67 Å². The molecule has 6 nitrogen and oxygen atoms in total. The second-order valence-corrected chi connectivity index (χ2v) is 8.41. The molecule has 0 saturated carbocycles. The van der Waals surface area contributed by atoms with Gasteiger partial charge in [-0.05, 0) is 29.7 Å². The minimum Gasteiger partial charge on any atom is -0.392 e. The third-order valence-electron chi connectivity index (χ3n) is 6.16. The summed E-state index contributed by atoms with van der Waals surface area (Å²) in [5, 5.41) is 19.3. The van der Waals surface area contributed by atoms with Crippen LogP contribution in [0.15, 0.2) is 48.5 Å². The summed E-state index contributed by atoms with van der Waals surface area (Å²) in [6.45, 7) is 4.00. The number of β-amino-alcohol motifs (C(OH)–C–C–N with tert-alkyl or cyclic N) is 1. The van der Waals surface area contributed by atoms with Gasteiger partial charge in [-0.1, -0.05) is 36.4 Å². The molecule has 8 heteroatoms. The van der Waals surface area contributed by atoms with Crippen LogP contribution in [0.25, 0.3) is 0 Å². The van der Waals surface area contributed by atoms with Crippen molar-refractivity contribution >= 4 is 0 Å². The van der Waals surface area contributed by atoms with Crippen molar-refractivity contribution < 1.29 is 13.9 Å². The van der Waals surface area contributed by atoms with E-state index in [1.165, 1.54) is 17.7 Å². The zero-order valence-electron chi connectivity index (χ0n) is 17.2. The average Bonchev–Trinajstić information content (AvgIpc) is 3.34. The summed E-state index contributed by atoms with van der Waals surface area (Å²) in [6.07, 6.45) is 0.263. The lowest BCUT2D eigenvalue weighted by atomic mass is 10.1. The van der Waals surface area contributed by atoms with Gasteiger partial charge in [0.15, 0.2) is 17.5 Å². The number of aliphatic hydroxyl groups excluding tert-OH is 1. The predicted molar refractivity (Wildman–Crippen MR) is 111 cm³/mol. The van der Waals surface area contributed by atoms with Gasteiger partial charge in [-0.3, -0.25) is 9.80 Å². The van der Waals surface area contributed by atoms with E-state index in [0.717, 1.165) is 36.8 Å². The van der Waals surface area contributed by atoms with Gasteiger partial charge >= 0.3 is 0 Å². The first kappa shape index (κ1) is 20.2. The molecule has 31 heavy (non-hydrogen) atoms. The molecule has 5 rings (SSSR count). The van der Waals surface area contributed by atoms with Crippen LogP contribution in [0.5, 0.6) is 0 Å². The lowest BCUT2D eigenvalue weighted by Crippen LogP contribution is -2.35. The van der Waals surface area contributed by atoms with E-state index in [2.05, 4.69) is 36.7 Å². The van der Waals surface area contributed by atoms with Gasteiger partial charge in [0.1, 0.15) is 5.82 Å². The highest BCUT2D eigenvalue weighted by Crippen LogP contribution is 2.33. The van der Waals surface area contributed by atoms with E-state index >= 15 is 0 Å². The van der Waals surface area contributed by atoms with Gasteiger partial charge in [0.25, 0.3) is 0 Å². The third-order valence-corrected chi connectivity index (χ3v) is 6.16. The van der Waals surface area contributed by atoms with E-state index in [9.17, 15) is 13.9 Å². The molecule has 2 aliphatic heterocycles. The molecule has 3 aromatic rings. The molecule has 0 spiro atoms. The van der Waals surface area contributed by atoms with Gasteiger partial charge in [-0.2, -0.15) is 0 Å². The van der Waals surface area contributed by atoms with E-state index in [1.807, 2.05) is 18.2 Å². The molecule has 1 saturated heterocycles. The molecule has 0 amide bonds. The summed E-state index contributed by atoms with van der Waals surface area (Å²) in [5.41, 5.74) is 1.94. The fraction of sp³-hybridized carbons (Fsp3) is 0.391. The SMILES string of the molecule is O[C@@H]1C[C@@H](c2nnc3n2CCN(Cc2ccc(F)c(F)c2)C3)N(Cc2ccccc2)C1. The van der Waals surface area contributed by atoms with Crippen molar-refractivity contribution in [3.05, 3.63) is 82.9 Å². The van der Waals surface area contributed by atoms with Crippen LogP contribution in [-0.4, -0.2) is 48.9 Å². The maximum absolute atomic E-state index is 13.5. The van der Waals surface area contributed by atoms with Crippen molar-refractivity contribution in [1.82, 2.24) is 24.6 Å². The van der Waals surface area contributed by atoms with Crippen LogP contribution in [0.1, 0.15) is 35.2 Å². The second-order valence-electron chi connectivity index (χ2n) is 8.41. The predicted octanol–water partition coefficient (Wildman–Crippen LogP) is 2.88. The summed E-state index contributed by atoms with van der Waals surface area (Å²) in [7, 11) is 0. The third kappa shape index (κ3) is 4.23. The fourth-order valence-corrected chi connectivity index (χ4v) is 4.65. The van der Waals surface area contributed by atoms with Gasteiger partial charge in [0.05, 0.1) is 18.7 Å². The molecule has 3 heterocycles. The van der Waals surface area contributed by atoms with Crippen molar-refractivity contribution in [2.75, 3.05) is 13.1 Å². The lowest BCUT2D eigenvalue weighted by molar-refractivity contribution is 0.171. The Labute approximate surface area is 179 Å². The minimum atomic E-state index is -0.828. The van der Waals surface area contributed by atoms with Crippen LogP contribution < -0.4 is 0 Å². The normalized spacial score (nSPS) is 22.0. The Morgan fingerprint density at radius 1 is 0.935 bits per heavy atom. The van der Waals surface area contributed by atoms with Crippen molar-refractivity contribution in [3.8, 4) is 0 Å². The molecule has 162 valence electrons. The highest BCUT2D eigenvalue weighted by atomic mass is 19.2. The van der Waals surface area contributed by atoms with Crippen molar-refractivity contribution in [1.29, 1.82) is 0 Å². The Morgan fingerprint density at radius 3 is 2.58 bits per heavy atom. The molecule has 2 aromatic carbocycles. The van der Waals surface area contributed by atoms with Crippen LogP contribution in [0.3, 0.4) is 0 Å². The maximum Gasteiger partial charge on any atom is 0.159 e. The molecule has 0 radical (unpaired) electrons. The largest absolute Gasteiger partial charge is 0.392 e. The molecule has 2 aliphatic rings. The van der Waals surface area contributed by atoms with Crippen LogP contribution >= 0.6 is 0 Å². The molecule has 0 bridgehead atoms. The second kappa shape index (κ2) is 8.45. The first-order valence-electron chi connectivity index (χ1n) is 10.6. The fourth-order valence-electron chi connectivity index (χ4n) is 4.65. The summed E-state index contributed by atoms with van der Waals surface area (Å²) in [5.74, 6) is 0.115. The lowest BCUT2D eigenvalue weighted by Gasteiger charge is -2.30. The number of likely N-dealkylation sites (tertiary alicyclic amines) is 1. The van der Waals surface area contributed by atoms with E-state index in [0.29, 0.717) is 26.1 Å². The highest BCUT2D eigenvalue weighted by molar-refractivity contribution is 5.19. The molecule has 1 N–H and O–H groups in total. The number of rotatable bonds is 5. The number of benzene rings is 2. The van der Waals surface area contributed by atoms with Crippen molar-refractivity contribution in [3.63, 3.8) is 0 Å². The van der Waals surface area contributed by atoms with Crippen LogP contribution in [0.4, 0.5) is 8.78 Å². The van der Waals surface area contributed by atoms with E-state index in [1.54, 1.807) is 6.07 Å². The van der Waals surface area contributed by atoms with Gasteiger partial charge in [0.2, 0.25) is 0 Å². The number of fused-ring (bicyclic) bond motifs is 1. The summed E-state index contributed by atoms with van der Waals surface area (Å²) < 4.78 is 28.9. The van der Waals surface area contributed by atoms with Crippen LogP contribution in [-0.2, 0) is 26.2 Å². The highest BCUT2D eigenvalue weighted by Gasteiger charge is 2.36. The average molecular weight is 425 g/mol. The van der Waals surface area contributed by atoms with Gasteiger partial charge in [0, 0.05) is 32.7 Å². The Morgan fingerprint density at radius 2 is 1.77 bits per heavy atom. The first-order valence-corrected chi connectivity index (χ1v) is 10.6. The molecule has 2 atom stereocenters. The number of halogens is 2. The summed E-state index contributed by atoms with van der Waals surface area (Å²) >= 11 is 0. The maximum atomic E-state index is 13.5. The number of aliphatic hydroxyl groups is 1. The number of hydrogen-bond acceptors (Lipinski definition) is 5. The Hall–Kier alpha value is -2.68. The number of aromatic nitrogens is 3. The van der Waals surface area contributed by atoms with E-state index in [4.69, 9.17) is 0 Å². The summed E-state index contributed by atoms with van der Waals surface area (Å²) in [4.78, 5) is 4.43. The molecular formula is C23H25F2N5O. The van der Waals surface area contributed by atoms with E-state index in [-0.39, 0.29) is 12.1 Å². The number of hydrogen-bond donors (Lipinski definition) is 1. The van der Waals surface area contributed by atoms with Crippen LogP contribution in [0, 0.1) is 11.6 Å². The molecule has 1 fully saturated rings. The van der Waals surface area contributed by atoms with E-state index < -0.39 is 11.6 Å². The van der Waals surface area contributed by atoms with Crippen molar-refractivity contribution in [2.45, 2.75) is 44.7 Å². The Balaban J connectivity index is 1.31. The monoisotopic (exact) mass is 425 g/mol. The van der Waals surface area contributed by atoms with Gasteiger partial charge in [-0.15, -0.1) is 10.2 Å². The minimum absolute atomic E-state index is 0.0224. The zero-order chi connectivity index (χ0) is 21.4. The molecule has 0 unspecified atom stereocenters. The smallest absolute Gasteiger partial charge is 0.159 e. The van der Waals surface area contributed by atoms with Crippen LogP contribution in [0.2, 0.25) is 0 Å².